The highest BCUT2D eigenvalue weighted by atomic mass is 15.1. The van der Waals surface area contributed by atoms with Crippen LogP contribution in [0.1, 0.15) is 26.2 Å². The van der Waals surface area contributed by atoms with E-state index in [9.17, 15) is 0 Å². The molecule has 0 radical (unpaired) electrons. The van der Waals surface area contributed by atoms with Crippen LogP contribution in [-0.4, -0.2) is 42.6 Å². The first kappa shape index (κ1) is 13.1. The van der Waals surface area contributed by atoms with E-state index in [1.54, 1.807) is 0 Å². The van der Waals surface area contributed by atoms with Crippen molar-refractivity contribution in [3.63, 3.8) is 0 Å². The average molecular weight is 248 g/mol. The van der Waals surface area contributed by atoms with Crippen molar-refractivity contribution in [1.29, 1.82) is 0 Å². The van der Waals surface area contributed by atoms with Crippen molar-refractivity contribution in [2.24, 2.45) is 0 Å². The average Bonchev–Trinajstić information content (AvgIpc) is 2.89. The number of anilines is 2. The highest BCUT2D eigenvalue weighted by Gasteiger charge is 2.09. The van der Waals surface area contributed by atoms with Crippen LogP contribution >= 0.6 is 0 Å². The van der Waals surface area contributed by atoms with Gasteiger partial charge in [0.05, 0.1) is 0 Å². The van der Waals surface area contributed by atoms with Crippen LogP contribution in [0.3, 0.4) is 0 Å². The van der Waals surface area contributed by atoms with E-state index < -0.39 is 0 Å². The molecule has 1 aliphatic heterocycles. The fraction of sp³-hybridized carbons (Fsp3) is 0.643. The Kier molecular flexibility index (Phi) is 5.27. The van der Waals surface area contributed by atoms with E-state index in [2.05, 4.69) is 33.5 Å². The Morgan fingerprint density at radius 3 is 2.89 bits per heavy atom. The summed E-state index contributed by atoms with van der Waals surface area (Å²) in [5, 5.41) is 6.68. The van der Waals surface area contributed by atoms with E-state index in [0.29, 0.717) is 0 Å². The van der Waals surface area contributed by atoms with Crippen molar-refractivity contribution in [1.82, 2.24) is 9.88 Å². The van der Waals surface area contributed by atoms with E-state index in [1.807, 2.05) is 12.3 Å². The minimum Gasteiger partial charge on any atom is -0.385 e. The Balaban J connectivity index is 1.67. The Bertz CT molecular complexity index is 347. The van der Waals surface area contributed by atoms with Gasteiger partial charge in [-0.15, -0.1) is 0 Å². The summed E-state index contributed by atoms with van der Waals surface area (Å²) in [7, 11) is 0. The molecule has 4 nitrogen and oxygen atoms in total. The summed E-state index contributed by atoms with van der Waals surface area (Å²) < 4.78 is 0. The molecule has 0 amide bonds. The third-order valence-electron chi connectivity index (χ3n) is 3.30. The molecule has 0 spiro atoms. The van der Waals surface area contributed by atoms with Crippen LogP contribution in [0.25, 0.3) is 0 Å². The lowest BCUT2D eigenvalue weighted by Gasteiger charge is -2.14. The van der Waals surface area contributed by atoms with Crippen molar-refractivity contribution in [2.75, 3.05) is 43.4 Å². The first-order valence-corrected chi connectivity index (χ1v) is 7.04. The molecule has 0 aliphatic carbocycles. The highest BCUT2D eigenvalue weighted by molar-refractivity contribution is 5.51. The molecule has 1 aliphatic rings. The monoisotopic (exact) mass is 248 g/mol. The second-order valence-corrected chi connectivity index (χ2v) is 4.79. The fourth-order valence-electron chi connectivity index (χ4n) is 2.36. The van der Waals surface area contributed by atoms with Crippen LogP contribution in [0.5, 0.6) is 0 Å². The molecule has 4 heteroatoms. The SMILES string of the molecule is CCNc1cc(NCCCN2CCCC2)ccn1. The zero-order chi connectivity index (χ0) is 12.6. The molecule has 1 aromatic rings. The smallest absolute Gasteiger partial charge is 0.127 e. The molecular formula is C14H24N4. The normalized spacial score (nSPS) is 15.8. The van der Waals surface area contributed by atoms with Gasteiger partial charge in [-0.1, -0.05) is 0 Å². The summed E-state index contributed by atoms with van der Waals surface area (Å²) >= 11 is 0. The molecule has 2 heterocycles. The van der Waals surface area contributed by atoms with Gasteiger partial charge in [0.15, 0.2) is 0 Å². The second kappa shape index (κ2) is 7.21. The predicted octanol–water partition coefficient (Wildman–Crippen LogP) is 2.41. The van der Waals surface area contributed by atoms with Gasteiger partial charge in [-0.05, 0) is 51.9 Å². The number of rotatable bonds is 7. The number of aromatic nitrogens is 1. The maximum atomic E-state index is 4.26. The Morgan fingerprint density at radius 2 is 2.11 bits per heavy atom. The number of pyridine rings is 1. The Labute approximate surface area is 110 Å². The molecule has 0 bridgehead atoms. The maximum absolute atomic E-state index is 4.26. The van der Waals surface area contributed by atoms with Gasteiger partial charge in [0.1, 0.15) is 5.82 Å². The van der Waals surface area contributed by atoms with Gasteiger partial charge in [0, 0.05) is 31.0 Å². The first-order chi connectivity index (χ1) is 8.88. The van der Waals surface area contributed by atoms with E-state index in [-0.39, 0.29) is 0 Å². The van der Waals surface area contributed by atoms with Gasteiger partial charge in [0.2, 0.25) is 0 Å². The molecule has 1 aromatic heterocycles. The lowest BCUT2D eigenvalue weighted by Crippen LogP contribution is -2.22. The van der Waals surface area contributed by atoms with E-state index >= 15 is 0 Å². The van der Waals surface area contributed by atoms with Crippen molar-refractivity contribution < 1.29 is 0 Å². The minimum atomic E-state index is 0.908. The van der Waals surface area contributed by atoms with Crippen LogP contribution in [-0.2, 0) is 0 Å². The summed E-state index contributed by atoms with van der Waals surface area (Å²) in [4.78, 5) is 6.81. The molecule has 2 rings (SSSR count). The number of nitrogens with one attached hydrogen (secondary N) is 2. The van der Waals surface area contributed by atoms with Crippen LogP contribution < -0.4 is 10.6 Å². The molecule has 0 unspecified atom stereocenters. The topological polar surface area (TPSA) is 40.2 Å². The van der Waals surface area contributed by atoms with Gasteiger partial charge in [-0.2, -0.15) is 0 Å². The van der Waals surface area contributed by atoms with Crippen LogP contribution in [0, 0.1) is 0 Å². The number of hydrogen-bond donors (Lipinski definition) is 2. The van der Waals surface area contributed by atoms with Gasteiger partial charge >= 0.3 is 0 Å². The summed E-state index contributed by atoms with van der Waals surface area (Å²) in [5.74, 6) is 0.946. The van der Waals surface area contributed by atoms with Crippen molar-refractivity contribution >= 4 is 11.5 Å². The van der Waals surface area contributed by atoms with Crippen LogP contribution in [0.2, 0.25) is 0 Å². The largest absolute Gasteiger partial charge is 0.385 e. The van der Waals surface area contributed by atoms with E-state index in [4.69, 9.17) is 0 Å². The third kappa shape index (κ3) is 4.18. The lowest BCUT2D eigenvalue weighted by molar-refractivity contribution is 0.337. The van der Waals surface area contributed by atoms with E-state index in [0.717, 1.165) is 24.6 Å². The molecule has 100 valence electrons. The van der Waals surface area contributed by atoms with Gasteiger partial charge in [-0.25, -0.2) is 4.98 Å². The molecule has 1 saturated heterocycles. The Hall–Kier alpha value is -1.29. The van der Waals surface area contributed by atoms with E-state index in [1.165, 1.54) is 38.9 Å². The quantitative estimate of drug-likeness (QED) is 0.727. The predicted molar refractivity (Wildman–Crippen MR) is 77.2 cm³/mol. The highest BCUT2D eigenvalue weighted by Crippen LogP contribution is 2.12. The summed E-state index contributed by atoms with van der Waals surface area (Å²) in [6.07, 6.45) is 5.81. The Morgan fingerprint density at radius 1 is 1.28 bits per heavy atom. The molecule has 18 heavy (non-hydrogen) atoms. The molecule has 0 atom stereocenters. The number of nitrogens with zero attached hydrogens (tertiary/aromatic N) is 2. The standard InChI is InChI=1S/C14H24N4/c1-2-15-14-12-13(6-8-17-14)16-7-5-11-18-9-3-4-10-18/h6,8,12H,2-5,7,9-11H2,1H3,(H2,15,16,17). The zero-order valence-corrected chi connectivity index (χ0v) is 11.3. The minimum absolute atomic E-state index is 0.908. The number of likely N-dealkylation sites (tertiary alicyclic amines) is 1. The first-order valence-electron chi connectivity index (χ1n) is 7.04. The van der Waals surface area contributed by atoms with Crippen molar-refractivity contribution in [2.45, 2.75) is 26.2 Å². The van der Waals surface area contributed by atoms with Gasteiger partial charge in [0.25, 0.3) is 0 Å². The van der Waals surface area contributed by atoms with Gasteiger partial charge in [-0.3, -0.25) is 0 Å². The second-order valence-electron chi connectivity index (χ2n) is 4.79. The van der Waals surface area contributed by atoms with Crippen molar-refractivity contribution in [3.8, 4) is 0 Å². The number of hydrogen-bond acceptors (Lipinski definition) is 4. The molecule has 1 fully saturated rings. The molecule has 0 saturated carbocycles. The molecule has 0 aromatic carbocycles. The van der Waals surface area contributed by atoms with Crippen LogP contribution in [0.4, 0.5) is 11.5 Å². The summed E-state index contributed by atoms with van der Waals surface area (Å²) in [6.45, 7) is 7.83. The molecule has 2 N–H and O–H groups in total. The lowest BCUT2D eigenvalue weighted by atomic mass is 10.3. The summed E-state index contributed by atoms with van der Waals surface area (Å²) in [6, 6.07) is 4.09. The summed E-state index contributed by atoms with van der Waals surface area (Å²) in [5.41, 5.74) is 1.15. The van der Waals surface area contributed by atoms with Crippen LogP contribution in [0.15, 0.2) is 18.3 Å². The third-order valence-corrected chi connectivity index (χ3v) is 3.30. The maximum Gasteiger partial charge on any atom is 0.127 e. The molecular weight excluding hydrogens is 224 g/mol. The van der Waals surface area contributed by atoms with Crippen molar-refractivity contribution in [3.05, 3.63) is 18.3 Å². The van der Waals surface area contributed by atoms with Gasteiger partial charge < -0.3 is 15.5 Å². The fourth-order valence-corrected chi connectivity index (χ4v) is 2.36. The zero-order valence-electron chi connectivity index (χ0n) is 11.3.